The molecule has 0 N–H and O–H groups in total. The molecule has 2 aromatic rings. The number of aromatic nitrogens is 1. The van der Waals surface area contributed by atoms with Gasteiger partial charge in [-0.2, -0.15) is 0 Å². The maximum atomic E-state index is 12.5. The molecule has 0 fully saturated rings. The molecule has 21 heavy (non-hydrogen) atoms. The van der Waals surface area contributed by atoms with Crippen LogP contribution < -0.4 is 4.90 Å². The molecule has 1 aliphatic rings. The van der Waals surface area contributed by atoms with Gasteiger partial charge in [0.15, 0.2) is 5.78 Å². The van der Waals surface area contributed by atoms with Gasteiger partial charge in [-0.3, -0.25) is 4.79 Å². The molecule has 1 aromatic carbocycles. The minimum atomic E-state index is 0.00409. The molecule has 0 bridgehead atoms. The Morgan fingerprint density at radius 3 is 2.81 bits per heavy atom. The first-order valence-electron chi connectivity index (χ1n) is 7.44. The monoisotopic (exact) mass is 280 g/mol. The van der Waals surface area contributed by atoms with Gasteiger partial charge in [0.1, 0.15) is 5.82 Å². The topological polar surface area (TPSA) is 33.2 Å². The van der Waals surface area contributed by atoms with Crippen LogP contribution in [0.5, 0.6) is 0 Å². The zero-order chi connectivity index (χ0) is 15.0. The van der Waals surface area contributed by atoms with Gasteiger partial charge in [-0.1, -0.05) is 26.0 Å². The predicted molar refractivity (Wildman–Crippen MR) is 85.3 cm³/mol. The molecule has 0 unspecified atom stereocenters. The number of aryl methyl sites for hydroxylation is 1. The normalized spacial score (nSPS) is 13.6. The van der Waals surface area contributed by atoms with E-state index < -0.39 is 0 Å². The van der Waals surface area contributed by atoms with Crippen LogP contribution in [0.15, 0.2) is 36.5 Å². The quantitative estimate of drug-likeness (QED) is 0.799. The third-order valence-electron chi connectivity index (χ3n) is 3.96. The average molecular weight is 280 g/mol. The Labute approximate surface area is 125 Å². The third-order valence-corrected chi connectivity index (χ3v) is 3.96. The van der Waals surface area contributed by atoms with E-state index in [1.165, 1.54) is 11.1 Å². The van der Waals surface area contributed by atoms with E-state index in [9.17, 15) is 4.79 Å². The van der Waals surface area contributed by atoms with E-state index in [0.29, 0.717) is 0 Å². The average Bonchev–Trinajstić information content (AvgIpc) is 2.90. The highest BCUT2D eigenvalue weighted by Gasteiger charge is 2.27. The maximum absolute atomic E-state index is 12.5. The fourth-order valence-electron chi connectivity index (χ4n) is 2.86. The zero-order valence-electron chi connectivity index (χ0n) is 12.8. The molecule has 3 heteroatoms. The van der Waals surface area contributed by atoms with Crippen molar-refractivity contribution in [3.05, 3.63) is 53.2 Å². The predicted octanol–water partition coefficient (Wildman–Crippen LogP) is 3.92. The first-order chi connectivity index (χ1) is 10.1. The summed E-state index contributed by atoms with van der Waals surface area (Å²) in [5.74, 6) is 1.13. The number of anilines is 2. The maximum Gasteiger partial charge on any atom is 0.167 e. The van der Waals surface area contributed by atoms with Crippen LogP contribution in [-0.2, 0) is 6.42 Å². The number of Topliss-reactive ketones (excluding diaryl/α,β-unsaturated/α-hetero) is 1. The molecule has 0 aliphatic carbocycles. The molecule has 1 aromatic heterocycles. The number of hydrogen-bond donors (Lipinski definition) is 0. The molecule has 0 saturated heterocycles. The Balaban J connectivity index is 2.11. The Morgan fingerprint density at radius 1 is 1.29 bits per heavy atom. The second-order valence-electron chi connectivity index (χ2n) is 5.93. The number of pyridine rings is 1. The van der Waals surface area contributed by atoms with Crippen molar-refractivity contribution in [2.45, 2.75) is 27.2 Å². The molecule has 0 saturated carbocycles. The summed E-state index contributed by atoms with van der Waals surface area (Å²) in [6.07, 6.45) is 2.79. The Kier molecular flexibility index (Phi) is 3.50. The highest BCUT2D eigenvalue weighted by Crippen LogP contribution is 2.37. The summed E-state index contributed by atoms with van der Waals surface area (Å²) in [5.41, 5.74) is 4.29. The molecule has 0 atom stereocenters. The second kappa shape index (κ2) is 5.32. The van der Waals surface area contributed by atoms with Crippen molar-refractivity contribution < 1.29 is 4.79 Å². The van der Waals surface area contributed by atoms with E-state index in [4.69, 9.17) is 0 Å². The third kappa shape index (κ3) is 2.44. The van der Waals surface area contributed by atoms with E-state index in [-0.39, 0.29) is 11.7 Å². The van der Waals surface area contributed by atoms with E-state index in [1.807, 2.05) is 38.2 Å². The Morgan fingerprint density at radius 2 is 2.10 bits per heavy atom. The van der Waals surface area contributed by atoms with E-state index in [0.717, 1.165) is 30.0 Å². The first kappa shape index (κ1) is 13.8. The van der Waals surface area contributed by atoms with Gasteiger partial charge in [-0.05, 0) is 42.7 Å². The van der Waals surface area contributed by atoms with E-state index in [1.54, 1.807) is 0 Å². The molecule has 3 nitrogen and oxygen atoms in total. The van der Waals surface area contributed by atoms with Gasteiger partial charge < -0.3 is 4.90 Å². The Hall–Kier alpha value is -2.16. The standard InChI is InChI=1S/C18H20N2O/c1-12(2)18(21)15-6-4-5-14-8-10-20(17(14)15)16-11-13(3)7-9-19-16/h4-7,9,11-12H,8,10H2,1-3H3. The number of hydrogen-bond acceptors (Lipinski definition) is 3. The van der Waals surface area contributed by atoms with Crippen molar-refractivity contribution in [2.24, 2.45) is 5.92 Å². The SMILES string of the molecule is Cc1ccnc(N2CCc3cccc(C(=O)C(C)C)c32)c1. The number of carbonyl (C=O) groups is 1. The van der Waals surface area contributed by atoms with Crippen molar-refractivity contribution >= 4 is 17.3 Å². The van der Waals surface area contributed by atoms with Crippen LogP contribution in [-0.4, -0.2) is 17.3 Å². The molecule has 108 valence electrons. The summed E-state index contributed by atoms with van der Waals surface area (Å²) in [7, 11) is 0. The van der Waals surface area contributed by atoms with Crippen LogP contribution >= 0.6 is 0 Å². The first-order valence-corrected chi connectivity index (χ1v) is 7.44. The van der Waals surface area contributed by atoms with Crippen molar-refractivity contribution in [2.75, 3.05) is 11.4 Å². The minimum Gasteiger partial charge on any atom is -0.325 e. The largest absolute Gasteiger partial charge is 0.325 e. The summed E-state index contributed by atoms with van der Waals surface area (Å²) in [6, 6.07) is 10.1. The molecular weight excluding hydrogens is 260 g/mol. The van der Waals surface area contributed by atoms with Gasteiger partial charge in [0.05, 0.1) is 5.69 Å². The summed E-state index contributed by atoms with van der Waals surface area (Å²) in [4.78, 5) is 19.2. The highest BCUT2D eigenvalue weighted by molar-refractivity contribution is 6.04. The summed E-state index contributed by atoms with van der Waals surface area (Å²) < 4.78 is 0. The molecule has 1 aliphatic heterocycles. The molecule has 2 heterocycles. The van der Waals surface area contributed by atoms with E-state index >= 15 is 0 Å². The van der Waals surface area contributed by atoms with Gasteiger partial charge in [0.25, 0.3) is 0 Å². The smallest absolute Gasteiger partial charge is 0.167 e. The second-order valence-corrected chi connectivity index (χ2v) is 5.93. The molecular formula is C18H20N2O. The number of fused-ring (bicyclic) bond motifs is 1. The van der Waals surface area contributed by atoms with Crippen LogP contribution in [0.3, 0.4) is 0 Å². The van der Waals surface area contributed by atoms with Crippen LogP contribution in [0.25, 0.3) is 0 Å². The van der Waals surface area contributed by atoms with Crippen molar-refractivity contribution in [1.82, 2.24) is 4.98 Å². The highest BCUT2D eigenvalue weighted by atomic mass is 16.1. The van der Waals surface area contributed by atoms with Gasteiger partial charge in [-0.15, -0.1) is 0 Å². The summed E-state index contributed by atoms with van der Waals surface area (Å²) in [6.45, 7) is 6.85. The van der Waals surface area contributed by atoms with Crippen LogP contribution in [0, 0.1) is 12.8 Å². The van der Waals surface area contributed by atoms with Crippen LogP contribution in [0.1, 0.15) is 35.3 Å². The molecule has 0 spiro atoms. The lowest BCUT2D eigenvalue weighted by atomic mass is 9.97. The van der Waals surface area contributed by atoms with Crippen LogP contribution in [0.2, 0.25) is 0 Å². The number of nitrogens with zero attached hydrogens (tertiary/aromatic N) is 2. The summed E-state index contributed by atoms with van der Waals surface area (Å²) in [5, 5.41) is 0. The molecule has 0 radical (unpaired) electrons. The van der Waals surface area contributed by atoms with Crippen LogP contribution in [0.4, 0.5) is 11.5 Å². The van der Waals surface area contributed by atoms with Gasteiger partial charge in [0, 0.05) is 24.2 Å². The number of para-hydroxylation sites is 1. The van der Waals surface area contributed by atoms with Gasteiger partial charge in [-0.25, -0.2) is 4.98 Å². The molecule has 3 rings (SSSR count). The number of benzene rings is 1. The molecule has 0 amide bonds. The number of ketones is 1. The van der Waals surface area contributed by atoms with Crippen molar-refractivity contribution in [3.8, 4) is 0 Å². The summed E-state index contributed by atoms with van der Waals surface area (Å²) >= 11 is 0. The lowest BCUT2D eigenvalue weighted by molar-refractivity contribution is 0.0940. The van der Waals surface area contributed by atoms with Gasteiger partial charge >= 0.3 is 0 Å². The van der Waals surface area contributed by atoms with Gasteiger partial charge in [0.2, 0.25) is 0 Å². The van der Waals surface area contributed by atoms with Crippen molar-refractivity contribution in [3.63, 3.8) is 0 Å². The van der Waals surface area contributed by atoms with Crippen molar-refractivity contribution in [1.29, 1.82) is 0 Å². The Bertz CT molecular complexity index is 691. The minimum absolute atomic E-state index is 0.00409. The lowest BCUT2D eigenvalue weighted by Gasteiger charge is -2.21. The van der Waals surface area contributed by atoms with E-state index in [2.05, 4.69) is 28.9 Å². The number of rotatable bonds is 3. The zero-order valence-corrected chi connectivity index (χ0v) is 12.8. The fourth-order valence-corrected chi connectivity index (χ4v) is 2.86. The number of carbonyl (C=O) groups excluding carboxylic acids is 1. The fraction of sp³-hybridized carbons (Fsp3) is 0.333. The lowest BCUT2D eigenvalue weighted by Crippen LogP contribution is -2.19.